The molecule has 1 saturated heterocycles. The average Bonchev–Trinajstić information content (AvgIpc) is 2.96. The highest BCUT2D eigenvalue weighted by Gasteiger charge is 2.35. The second-order valence-corrected chi connectivity index (χ2v) is 12.1. The number of carbonyl (C=O) groups excluding carboxylic acids is 1. The number of likely N-dealkylation sites (N-methyl/N-ethyl adjacent to an activating group) is 1. The number of nitriles is 1. The van der Waals surface area contributed by atoms with E-state index in [0.29, 0.717) is 38.4 Å². The van der Waals surface area contributed by atoms with Crippen molar-refractivity contribution in [2.24, 2.45) is 0 Å². The minimum atomic E-state index is -1.01. The number of rotatable bonds is 7. The summed E-state index contributed by atoms with van der Waals surface area (Å²) in [6, 6.07) is 14.4. The van der Waals surface area contributed by atoms with Crippen molar-refractivity contribution in [1.29, 1.82) is 5.26 Å². The van der Waals surface area contributed by atoms with E-state index in [-0.39, 0.29) is 18.4 Å². The van der Waals surface area contributed by atoms with E-state index in [1.165, 1.54) is 21.2 Å². The molecule has 0 saturated carbocycles. The number of piperazine rings is 1. The molecule has 2 aliphatic rings. The molecule has 3 heterocycles. The summed E-state index contributed by atoms with van der Waals surface area (Å²) in [6.45, 7) is 9.26. The molecule has 0 spiro atoms. The van der Waals surface area contributed by atoms with E-state index in [1.54, 1.807) is 0 Å². The summed E-state index contributed by atoms with van der Waals surface area (Å²) >= 11 is 0. The number of benzene rings is 2. The summed E-state index contributed by atoms with van der Waals surface area (Å²) in [7, 11) is 3.95. The highest BCUT2D eigenvalue weighted by molar-refractivity contribution is 5.98. The molecular weight excluding hydrogens is 542 g/mol. The van der Waals surface area contributed by atoms with Crippen LogP contribution in [0.1, 0.15) is 46.2 Å². The van der Waals surface area contributed by atoms with Crippen molar-refractivity contribution in [3.8, 4) is 6.07 Å². The summed E-state index contributed by atoms with van der Waals surface area (Å²) in [4.78, 5) is 38.6. The number of hydrogen-bond donors (Lipinski definition) is 2. The Morgan fingerprint density at radius 1 is 1.14 bits per heavy atom. The standard InChI is InChI=1S/C33H41N7O3/c1-21-8-6-9-24-10-7-11-28(29(21)24)38-15-13-26-27(20-38)36-30(32(41)35-22(2)18-37(4)5)23(3)31(26)39-16-17-40(33(42)43)25(19-39)12-14-34/h6-11,22,25H,12-13,15-20H2,1-5H3,(H,35,41)(H,42,43). The molecule has 43 heavy (non-hydrogen) atoms. The summed E-state index contributed by atoms with van der Waals surface area (Å²) in [6.07, 6.45) is -0.162. The average molecular weight is 584 g/mol. The van der Waals surface area contributed by atoms with Crippen LogP contribution in [0.25, 0.3) is 10.8 Å². The van der Waals surface area contributed by atoms with Gasteiger partial charge in [-0.15, -0.1) is 0 Å². The first-order valence-electron chi connectivity index (χ1n) is 14.9. The van der Waals surface area contributed by atoms with Crippen LogP contribution in [0.5, 0.6) is 0 Å². The van der Waals surface area contributed by atoms with E-state index >= 15 is 0 Å². The lowest BCUT2D eigenvalue weighted by Gasteiger charge is -2.43. The van der Waals surface area contributed by atoms with Crippen LogP contribution in [0, 0.1) is 25.2 Å². The Balaban J connectivity index is 1.57. The largest absolute Gasteiger partial charge is 0.465 e. The van der Waals surface area contributed by atoms with Crippen LogP contribution >= 0.6 is 0 Å². The van der Waals surface area contributed by atoms with Gasteiger partial charge in [-0.05, 0) is 58.3 Å². The Kier molecular flexibility index (Phi) is 8.74. The Morgan fingerprint density at radius 3 is 2.58 bits per heavy atom. The summed E-state index contributed by atoms with van der Waals surface area (Å²) in [5.74, 6) is -0.216. The zero-order chi connectivity index (χ0) is 30.8. The van der Waals surface area contributed by atoms with E-state index in [2.05, 4.69) is 64.5 Å². The van der Waals surface area contributed by atoms with Crippen molar-refractivity contribution in [2.75, 3.05) is 56.6 Å². The van der Waals surface area contributed by atoms with Gasteiger partial charge in [0.05, 0.1) is 30.8 Å². The topological polar surface area (TPSA) is 116 Å². The third-order valence-electron chi connectivity index (χ3n) is 8.60. The van der Waals surface area contributed by atoms with Gasteiger partial charge in [0.15, 0.2) is 0 Å². The maximum atomic E-state index is 13.7. The van der Waals surface area contributed by atoms with Gasteiger partial charge in [-0.3, -0.25) is 4.79 Å². The molecule has 10 nitrogen and oxygen atoms in total. The second-order valence-electron chi connectivity index (χ2n) is 12.1. The zero-order valence-electron chi connectivity index (χ0n) is 25.7. The van der Waals surface area contributed by atoms with Gasteiger partial charge in [0.1, 0.15) is 5.69 Å². The molecule has 2 unspecified atom stereocenters. The van der Waals surface area contributed by atoms with Crippen molar-refractivity contribution in [1.82, 2.24) is 20.1 Å². The van der Waals surface area contributed by atoms with Crippen LogP contribution in [0.4, 0.5) is 16.2 Å². The van der Waals surface area contributed by atoms with E-state index in [4.69, 9.17) is 4.98 Å². The lowest BCUT2D eigenvalue weighted by Crippen LogP contribution is -2.55. The highest BCUT2D eigenvalue weighted by atomic mass is 16.4. The van der Waals surface area contributed by atoms with Crippen molar-refractivity contribution in [2.45, 2.75) is 52.2 Å². The fourth-order valence-electron chi connectivity index (χ4n) is 6.76. The third-order valence-corrected chi connectivity index (χ3v) is 8.60. The van der Waals surface area contributed by atoms with E-state index < -0.39 is 12.1 Å². The van der Waals surface area contributed by atoms with Gasteiger partial charge in [-0.25, -0.2) is 9.78 Å². The molecule has 2 atom stereocenters. The number of nitrogens with one attached hydrogen (secondary N) is 1. The van der Waals surface area contributed by atoms with E-state index in [1.807, 2.05) is 32.8 Å². The minimum absolute atomic E-state index is 0.0718. The van der Waals surface area contributed by atoms with E-state index in [0.717, 1.165) is 41.2 Å². The molecule has 2 amide bonds. The maximum Gasteiger partial charge on any atom is 0.407 e. The number of hydrogen-bond acceptors (Lipinski definition) is 7. The molecule has 2 aliphatic heterocycles. The molecule has 5 rings (SSSR count). The maximum absolute atomic E-state index is 13.7. The van der Waals surface area contributed by atoms with Crippen LogP contribution in [0.15, 0.2) is 36.4 Å². The Bertz CT molecular complexity index is 1580. The molecule has 1 fully saturated rings. The molecular formula is C33H41N7O3. The summed E-state index contributed by atoms with van der Waals surface area (Å²) in [5, 5.41) is 24.8. The first kappa shape index (κ1) is 30.1. The van der Waals surface area contributed by atoms with Crippen molar-refractivity contribution in [3.63, 3.8) is 0 Å². The van der Waals surface area contributed by atoms with Crippen LogP contribution in [-0.2, 0) is 13.0 Å². The van der Waals surface area contributed by atoms with E-state index in [9.17, 15) is 20.0 Å². The molecule has 0 aliphatic carbocycles. The molecule has 226 valence electrons. The summed E-state index contributed by atoms with van der Waals surface area (Å²) < 4.78 is 0. The van der Waals surface area contributed by atoms with Crippen molar-refractivity contribution < 1.29 is 14.7 Å². The number of nitrogens with zero attached hydrogens (tertiary/aromatic N) is 6. The lowest BCUT2D eigenvalue weighted by atomic mass is 9.94. The Labute approximate surface area is 253 Å². The van der Waals surface area contributed by atoms with Crippen LogP contribution in [0.3, 0.4) is 0 Å². The van der Waals surface area contributed by atoms with Crippen molar-refractivity contribution in [3.05, 3.63) is 64.5 Å². The predicted molar refractivity (Wildman–Crippen MR) is 169 cm³/mol. The van der Waals surface area contributed by atoms with Gasteiger partial charge >= 0.3 is 6.09 Å². The quantitative estimate of drug-likeness (QED) is 0.426. The van der Waals surface area contributed by atoms with Gasteiger partial charge in [-0.1, -0.05) is 30.3 Å². The number of pyridine rings is 1. The molecule has 10 heteroatoms. The lowest BCUT2D eigenvalue weighted by molar-refractivity contribution is 0.0928. The minimum Gasteiger partial charge on any atom is -0.465 e. The normalized spacial score (nSPS) is 17.5. The number of aryl methyl sites for hydroxylation is 1. The van der Waals surface area contributed by atoms with Crippen LogP contribution in [-0.4, -0.2) is 90.8 Å². The fourth-order valence-corrected chi connectivity index (χ4v) is 6.76. The molecule has 1 aromatic heterocycles. The Morgan fingerprint density at radius 2 is 1.88 bits per heavy atom. The van der Waals surface area contributed by atoms with Gasteiger partial charge in [-0.2, -0.15) is 5.26 Å². The molecule has 2 aromatic carbocycles. The monoisotopic (exact) mass is 583 g/mol. The summed E-state index contributed by atoms with van der Waals surface area (Å²) in [5.41, 5.74) is 6.47. The fraction of sp³-hybridized carbons (Fsp3) is 0.455. The second kappa shape index (κ2) is 12.5. The highest BCUT2D eigenvalue weighted by Crippen LogP contribution is 2.38. The zero-order valence-corrected chi connectivity index (χ0v) is 25.7. The first-order chi connectivity index (χ1) is 20.6. The molecule has 2 N–H and O–H groups in total. The first-order valence-corrected chi connectivity index (χ1v) is 14.9. The van der Waals surface area contributed by atoms with Crippen molar-refractivity contribution >= 4 is 34.1 Å². The SMILES string of the molecule is Cc1c(C(=O)NC(C)CN(C)C)nc2c(c1N1CCN(C(=O)O)C(CC#N)C1)CCN(c1cccc3cccc(C)c13)C2. The third kappa shape index (κ3) is 6.09. The molecule has 0 radical (unpaired) electrons. The van der Waals surface area contributed by atoms with Gasteiger partial charge in [0.25, 0.3) is 5.91 Å². The number of aromatic nitrogens is 1. The van der Waals surface area contributed by atoms with Gasteiger partial charge < -0.3 is 30.0 Å². The van der Waals surface area contributed by atoms with Crippen LogP contribution < -0.4 is 15.1 Å². The molecule has 3 aromatic rings. The number of carbonyl (C=O) groups is 2. The van der Waals surface area contributed by atoms with Gasteiger partial charge in [0.2, 0.25) is 0 Å². The van der Waals surface area contributed by atoms with Crippen LogP contribution in [0.2, 0.25) is 0 Å². The predicted octanol–water partition coefficient (Wildman–Crippen LogP) is 4.18. The molecule has 0 bridgehead atoms. The number of fused-ring (bicyclic) bond motifs is 2. The number of anilines is 2. The number of amides is 2. The Hall–Kier alpha value is -4.36. The van der Waals surface area contributed by atoms with Gasteiger partial charge in [0, 0.05) is 66.7 Å². The smallest absolute Gasteiger partial charge is 0.407 e. The number of carboxylic acid groups (broad SMARTS) is 1.